The molecule has 0 radical (unpaired) electrons. The average Bonchev–Trinajstić information content (AvgIpc) is 2.19. The molecule has 0 bridgehead atoms. The molecule has 0 fully saturated rings. The van der Waals surface area contributed by atoms with Crippen molar-refractivity contribution in [1.29, 1.82) is 0 Å². The first kappa shape index (κ1) is 11.3. The van der Waals surface area contributed by atoms with Crippen LogP contribution in [0.4, 0.5) is 0 Å². The van der Waals surface area contributed by atoms with Crippen molar-refractivity contribution in [1.82, 2.24) is 5.32 Å². The number of hydrogen-bond acceptors (Lipinski definition) is 1. The lowest BCUT2D eigenvalue weighted by atomic mass is 9.99. The van der Waals surface area contributed by atoms with Gasteiger partial charge in [0.05, 0.1) is 0 Å². The average molecular weight is 191 g/mol. The summed E-state index contributed by atoms with van der Waals surface area (Å²) in [5, 5.41) is 3.50. The van der Waals surface area contributed by atoms with Crippen molar-refractivity contribution in [2.24, 2.45) is 0 Å². The minimum absolute atomic E-state index is 0.513. The van der Waals surface area contributed by atoms with Crippen molar-refractivity contribution in [3.05, 3.63) is 34.9 Å². The molecule has 78 valence electrons. The van der Waals surface area contributed by atoms with Gasteiger partial charge in [-0.05, 0) is 43.5 Å². The largest absolute Gasteiger partial charge is 0.310 e. The highest BCUT2D eigenvalue weighted by Gasteiger charge is 2.07. The standard InChI is InChI=1S/C13H21N/c1-5-13(14-6-2)12-8-7-10(3)11(4)9-12/h7-9,13-14H,5-6H2,1-4H3. The van der Waals surface area contributed by atoms with Crippen LogP contribution in [-0.4, -0.2) is 6.54 Å². The monoisotopic (exact) mass is 191 g/mol. The Balaban J connectivity index is 2.88. The summed E-state index contributed by atoms with van der Waals surface area (Å²) in [5.74, 6) is 0. The Hall–Kier alpha value is -0.820. The molecule has 0 spiro atoms. The van der Waals surface area contributed by atoms with Crippen molar-refractivity contribution in [3.8, 4) is 0 Å². The summed E-state index contributed by atoms with van der Waals surface area (Å²) >= 11 is 0. The van der Waals surface area contributed by atoms with Crippen LogP contribution in [0.1, 0.15) is 43.0 Å². The zero-order valence-electron chi connectivity index (χ0n) is 9.72. The van der Waals surface area contributed by atoms with Gasteiger partial charge in [-0.15, -0.1) is 0 Å². The van der Waals surface area contributed by atoms with Crippen LogP contribution in [0.5, 0.6) is 0 Å². The van der Waals surface area contributed by atoms with Gasteiger partial charge in [0.2, 0.25) is 0 Å². The summed E-state index contributed by atoms with van der Waals surface area (Å²) in [6.45, 7) is 9.75. The SMILES string of the molecule is CCNC(CC)c1ccc(C)c(C)c1. The van der Waals surface area contributed by atoms with E-state index in [0.717, 1.165) is 13.0 Å². The zero-order valence-corrected chi connectivity index (χ0v) is 9.72. The van der Waals surface area contributed by atoms with E-state index >= 15 is 0 Å². The lowest BCUT2D eigenvalue weighted by Gasteiger charge is -2.17. The predicted octanol–water partition coefficient (Wildman–Crippen LogP) is 3.36. The van der Waals surface area contributed by atoms with E-state index in [1.807, 2.05) is 0 Å². The van der Waals surface area contributed by atoms with E-state index < -0.39 is 0 Å². The van der Waals surface area contributed by atoms with Gasteiger partial charge in [0.1, 0.15) is 0 Å². The summed E-state index contributed by atoms with van der Waals surface area (Å²) in [6.07, 6.45) is 1.15. The topological polar surface area (TPSA) is 12.0 Å². The minimum atomic E-state index is 0.513. The van der Waals surface area contributed by atoms with E-state index in [0.29, 0.717) is 6.04 Å². The maximum atomic E-state index is 3.50. The van der Waals surface area contributed by atoms with Gasteiger partial charge < -0.3 is 5.32 Å². The summed E-state index contributed by atoms with van der Waals surface area (Å²) in [4.78, 5) is 0. The molecule has 0 aliphatic heterocycles. The van der Waals surface area contributed by atoms with Gasteiger partial charge in [0, 0.05) is 6.04 Å². The number of benzene rings is 1. The Labute approximate surface area is 87.5 Å². The highest BCUT2D eigenvalue weighted by atomic mass is 14.9. The molecule has 0 aliphatic rings. The molecule has 1 unspecified atom stereocenters. The van der Waals surface area contributed by atoms with E-state index in [2.05, 4.69) is 51.2 Å². The van der Waals surface area contributed by atoms with Crippen molar-refractivity contribution in [2.45, 2.75) is 40.2 Å². The van der Waals surface area contributed by atoms with E-state index in [9.17, 15) is 0 Å². The highest BCUT2D eigenvalue weighted by molar-refractivity contribution is 5.31. The van der Waals surface area contributed by atoms with Gasteiger partial charge in [-0.3, -0.25) is 0 Å². The van der Waals surface area contributed by atoms with Crippen LogP contribution < -0.4 is 5.32 Å². The van der Waals surface area contributed by atoms with Gasteiger partial charge in [-0.2, -0.15) is 0 Å². The maximum absolute atomic E-state index is 3.50. The molecule has 1 aromatic rings. The number of hydrogen-bond donors (Lipinski definition) is 1. The van der Waals surface area contributed by atoms with Crippen molar-refractivity contribution in [2.75, 3.05) is 6.54 Å². The molecule has 1 rings (SSSR count). The first-order valence-electron chi connectivity index (χ1n) is 5.49. The van der Waals surface area contributed by atoms with Crippen LogP contribution in [-0.2, 0) is 0 Å². The van der Waals surface area contributed by atoms with Gasteiger partial charge in [-0.25, -0.2) is 0 Å². The molecule has 1 nitrogen and oxygen atoms in total. The van der Waals surface area contributed by atoms with Gasteiger partial charge >= 0.3 is 0 Å². The lowest BCUT2D eigenvalue weighted by Crippen LogP contribution is -2.20. The molecule has 1 atom stereocenters. The van der Waals surface area contributed by atoms with Crippen molar-refractivity contribution < 1.29 is 0 Å². The Morgan fingerprint density at radius 2 is 1.86 bits per heavy atom. The van der Waals surface area contributed by atoms with Crippen LogP contribution >= 0.6 is 0 Å². The van der Waals surface area contributed by atoms with E-state index in [4.69, 9.17) is 0 Å². The number of rotatable bonds is 4. The summed E-state index contributed by atoms with van der Waals surface area (Å²) in [5.41, 5.74) is 4.18. The second kappa shape index (κ2) is 5.16. The Morgan fingerprint density at radius 3 is 2.36 bits per heavy atom. The molecule has 0 saturated carbocycles. The number of nitrogens with one attached hydrogen (secondary N) is 1. The first-order valence-corrected chi connectivity index (χ1v) is 5.49. The van der Waals surface area contributed by atoms with Gasteiger partial charge in [0.25, 0.3) is 0 Å². The zero-order chi connectivity index (χ0) is 10.6. The fourth-order valence-corrected chi connectivity index (χ4v) is 1.73. The fraction of sp³-hybridized carbons (Fsp3) is 0.538. The van der Waals surface area contributed by atoms with E-state index in [-0.39, 0.29) is 0 Å². The van der Waals surface area contributed by atoms with Crippen molar-refractivity contribution in [3.63, 3.8) is 0 Å². The van der Waals surface area contributed by atoms with Crippen LogP contribution in [0.15, 0.2) is 18.2 Å². The fourth-order valence-electron chi connectivity index (χ4n) is 1.73. The molecule has 0 aliphatic carbocycles. The Bertz CT molecular complexity index is 291. The molecule has 0 heterocycles. The van der Waals surface area contributed by atoms with Gasteiger partial charge in [0.15, 0.2) is 0 Å². The molecule has 1 N–H and O–H groups in total. The normalized spacial score (nSPS) is 12.9. The molecule has 14 heavy (non-hydrogen) atoms. The smallest absolute Gasteiger partial charge is 0.0317 e. The molecule has 0 aromatic heterocycles. The van der Waals surface area contributed by atoms with Crippen molar-refractivity contribution >= 4 is 0 Å². The Morgan fingerprint density at radius 1 is 1.14 bits per heavy atom. The minimum Gasteiger partial charge on any atom is -0.310 e. The second-order valence-electron chi connectivity index (χ2n) is 3.86. The van der Waals surface area contributed by atoms with Crippen LogP contribution in [0.25, 0.3) is 0 Å². The summed E-state index contributed by atoms with van der Waals surface area (Å²) in [7, 11) is 0. The van der Waals surface area contributed by atoms with E-state index in [1.54, 1.807) is 0 Å². The summed E-state index contributed by atoms with van der Waals surface area (Å²) in [6, 6.07) is 7.26. The third kappa shape index (κ3) is 2.58. The number of aryl methyl sites for hydroxylation is 2. The molecule has 0 saturated heterocycles. The van der Waals surface area contributed by atoms with Crippen LogP contribution in [0.3, 0.4) is 0 Å². The molecule has 1 heteroatoms. The maximum Gasteiger partial charge on any atom is 0.0317 e. The van der Waals surface area contributed by atoms with E-state index in [1.165, 1.54) is 16.7 Å². The predicted molar refractivity (Wildman–Crippen MR) is 62.6 cm³/mol. The first-order chi connectivity index (χ1) is 6.69. The van der Waals surface area contributed by atoms with Crippen LogP contribution in [0.2, 0.25) is 0 Å². The Kier molecular flexibility index (Phi) is 4.15. The molecular formula is C13H21N. The quantitative estimate of drug-likeness (QED) is 0.769. The summed E-state index contributed by atoms with van der Waals surface area (Å²) < 4.78 is 0. The third-order valence-electron chi connectivity index (χ3n) is 2.79. The molecule has 1 aromatic carbocycles. The third-order valence-corrected chi connectivity index (χ3v) is 2.79. The van der Waals surface area contributed by atoms with Crippen LogP contribution in [0, 0.1) is 13.8 Å². The second-order valence-corrected chi connectivity index (χ2v) is 3.86. The highest BCUT2D eigenvalue weighted by Crippen LogP contribution is 2.19. The molecular weight excluding hydrogens is 170 g/mol. The lowest BCUT2D eigenvalue weighted by molar-refractivity contribution is 0.537. The molecule has 0 amide bonds. The van der Waals surface area contributed by atoms with Gasteiger partial charge in [-0.1, -0.05) is 32.0 Å².